The zero-order valence-corrected chi connectivity index (χ0v) is 24.1. The van der Waals surface area contributed by atoms with Crippen LogP contribution in [0.15, 0.2) is 46.3 Å². The summed E-state index contributed by atoms with van der Waals surface area (Å²) in [5, 5.41) is 0.651. The number of nitrogens with zero attached hydrogens (tertiary/aromatic N) is 3. The fourth-order valence-electron chi connectivity index (χ4n) is 4.83. The second kappa shape index (κ2) is 13.0. The van der Waals surface area contributed by atoms with E-state index in [-0.39, 0.29) is 23.5 Å². The zero-order valence-electron chi connectivity index (χ0n) is 23.3. The van der Waals surface area contributed by atoms with Crippen molar-refractivity contribution in [2.24, 2.45) is 4.99 Å². The maximum atomic E-state index is 13.5. The van der Waals surface area contributed by atoms with Crippen LogP contribution in [-0.2, 0) is 23.8 Å². The summed E-state index contributed by atoms with van der Waals surface area (Å²) in [6, 6.07) is 6.54. The van der Waals surface area contributed by atoms with Crippen LogP contribution in [-0.4, -0.2) is 60.2 Å². The lowest BCUT2D eigenvalue weighted by molar-refractivity contribution is -0.143. The van der Waals surface area contributed by atoms with E-state index in [1.807, 2.05) is 0 Å². The van der Waals surface area contributed by atoms with E-state index in [4.69, 9.17) is 9.47 Å². The molecule has 0 aliphatic carbocycles. The average molecular weight is 616 g/mol. The molecule has 228 valence electrons. The second-order valence-corrected chi connectivity index (χ2v) is 11.0. The number of halogens is 6. The van der Waals surface area contributed by atoms with Crippen LogP contribution in [0, 0.1) is 0 Å². The van der Waals surface area contributed by atoms with Crippen molar-refractivity contribution in [3.8, 4) is 11.5 Å². The lowest BCUT2D eigenvalue weighted by Crippen LogP contribution is -2.50. The molecule has 1 fully saturated rings. The van der Waals surface area contributed by atoms with E-state index in [1.54, 1.807) is 18.2 Å². The van der Waals surface area contributed by atoms with Crippen molar-refractivity contribution in [1.29, 1.82) is 0 Å². The average Bonchev–Trinajstić information content (AvgIpc) is 3.31. The number of piperazine rings is 1. The van der Waals surface area contributed by atoms with Gasteiger partial charge in [-0.1, -0.05) is 25.5 Å². The molecular weight excluding hydrogens is 584 g/mol. The highest BCUT2D eigenvalue weighted by Crippen LogP contribution is 2.39. The molecule has 0 N–H and O–H groups in total. The number of hydrogen-bond donors (Lipinski definition) is 0. The Morgan fingerprint density at radius 2 is 1.71 bits per heavy atom. The molecule has 2 aromatic rings. The summed E-state index contributed by atoms with van der Waals surface area (Å²) in [7, 11) is 1.34. The van der Waals surface area contributed by atoms with Gasteiger partial charge < -0.3 is 14.4 Å². The molecule has 1 atom stereocenters. The third kappa shape index (κ3) is 7.60. The number of aliphatic imine (C=N–C) groups is 1. The molecule has 1 amide bonds. The van der Waals surface area contributed by atoms with Crippen molar-refractivity contribution in [3.63, 3.8) is 0 Å². The number of methoxy groups -OCH3 is 1. The van der Waals surface area contributed by atoms with Gasteiger partial charge in [0.1, 0.15) is 6.61 Å². The third-order valence-electron chi connectivity index (χ3n) is 7.14. The minimum atomic E-state index is -5.01. The van der Waals surface area contributed by atoms with Crippen LogP contribution >= 0.6 is 11.8 Å². The van der Waals surface area contributed by atoms with Crippen molar-refractivity contribution >= 4 is 28.9 Å². The van der Waals surface area contributed by atoms with Crippen molar-refractivity contribution in [3.05, 3.63) is 63.6 Å². The minimum Gasteiger partial charge on any atom is -0.493 e. The zero-order chi connectivity index (χ0) is 30.7. The maximum absolute atomic E-state index is 13.5. The molecule has 2 aliphatic heterocycles. The summed E-state index contributed by atoms with van der Waals surface area (Å²) in [5.74, 6) is -0.0954. The van der Waals surface area contributed by atoms with Gasteiger partial charge in [-0.25, -0.2) is 0 Å². The predicted octanol–water partition coefficient (Wildman–Crippen LogP) is 7.09. The molecule has 1 saturated heterocycles. The van der Waals surface area contributed by atoms with Gasteiger partial charge in [0.15, 0.2) is 16.7 Å². The molecular formula is C29H31F6N3O3S. The normalized spacial score (nSPS) is 18.4. The number of amidine groups is 1. The van der Waals surface area contributed by atoms with Crippen LogP contribution in [0.1, 0.15) is 48.9 Å². The number of amides is 1. The summed E-state index contributed by atoms with van der Waals surface area (Å²) in [6.45, 7) is 7.09. The van der Waals surface area contributed by atoms with Gasteiger partial charge in [0.25, 0.3) is 5.91 Å². The van der Waals surface area contributed by atoms with Crippen LogP contribution in [0.25, 0.3) is 6.08 Å². The number of rotatable bonds is 8. The minimum absolute atomic E-state index is 0.0741. The molecule has 0 bridgehead atoms. The van der Waals surface area contributed by atoms with Gasteiger partial charge in [0.2, 0.25) is 0 Å². The summed E-state index contributed by atoms with van der Waals surface area (Å²) in [4.78, 5) is 21.8. The first-order valence-corrected chi connectivity index (χ1v) is 14.2. The van der Waals surface area contributed by atoms with Gasteiger partial charge in [-0.2, -0.15) is 31.3 Å². The molecule has 6 nitrogen and oxygen atoms in total. The van der Waals surface area contributed by atoms with Gasteiger partial charge in [0.05, 0.1) is 23.1 Å². The number of alkyl halides is 6. The Kier molecular flexibility index (Phi) is 9.81. The lowest BCUT2D eigenvalue weighted by Gasteiger charge is -2.38. The Morgan fingerprint density at radius 1 is 1.00 bits per heavy atom. The Labute approximate surface area is 244 Å². The fourth-order valence-corrected chi connectivity index (χ4v) is 5.80. The highest BCUT2D eigenvalue weighted by atomic mass is 32.2. The lowest BCUT2D eigenvalue weighted by atomic mass is 10.0. The van der Waals surface area contributed by atoms with Gasteiger partial charge >= 0.3 is 12.4 Å². The van der Waals surface area contributed by atoms with E-state index in [1.165, 1.54) is 24.9 Å². The molecule has 2 aromatic carbocycles. The summed E-state index contributed by atoms with van der Waals surface area (Å²) < 4.78 is 90.2. The first-order valence-electron chi connectivity index (χ1n) is 13.4. The first-order chi connectivity index (χ1) is 19.8. The fraction of sp³-hybridized carbons (Fsp3) is 0.448. The predicted molar refractivity (Wildman–Crippen MR) is 149 cm³/mol. The van der Waals surface area contributed by atoms with E-state index in [2.05, 4.69) is 28.6 Å². The number of ether oxygens (including phenoxy) is 2. The Balaban J connectivity index is 1.43. The van der Waals surface area contributed by atoms with E-state index < -0.39 is 35.6 Å². The van der Waals surface area contributed by atoms with Crippen LogP contribution < -0.4 is 9.47 Å². The number of carbonyl (C=O) groups is 1. The van der Waals surface area contributed by atoms with Gasteiger partial charge in [-0.3, -0.25) is 9.69 Å². The molecule has 2 heterocycles. The van der Waals surface area contributed by atoms with E-state index in [0.717, 1.165) is 45.1 Å². The van der Waals surface area contributed by atoms with Crippen LogP contribution in [0.2, 0.25) is 0 Å². The van der Waals surface area contributed by atoms with E-state index >= 15 is 0 Å². The van der Waals surface area contributed by atoms with Gasteiger partial charge in [0, 0.05) is 37.8 Å². The van der Waals surface area contributed by atoms with Crippen LogP contribution in [0.4, 0.5) is 26.3 Å². The number of benzene rings is 2. The maximum Gasteiger partial charge on any atom is 0.416 e. The van der Waals surface area contributed by atoms with Crippen LogP contribution in [0.3, 0.4) is 0 Å². The number of thioether (sulfide) groups is 1. The second-order valence-electron chi connectivity index (χ2n) is 10.0. The molecule has 13 heteroatoms. The Bertz CT molecular complexity index is 1350. The van der Waals surface area contributed by atoms with Gasteiger partial charge in [-0.15, -0.1) is 0 Å². The SMILES string of the molecule is CCCC(C)N1CCN(C2=NC(=O)C(=Cc3ccc(OCc4ccc(C(F)(F)F)cc4C(F)(F)F)c(OC)c3)S2)CC1. The monoisotopic (exact) mass is 615 g/mol. The molecule has 0 aromatic heterocycles. The van der Waals surface area contributed by atoms with E-state index in [0.29, 0.717) is 27.7 Å². The molecule has 4 rings (SSSR count). The molecule has 0 radical (unpaired) electrons. The Morgan fingerprint density at radius 3 is 2.33 bits per heavy atom. The van der Waals surface area contributed by atoms with Crippen molar-refractivity contribution in [2.75, 3.05) is 33.3 Å². The molecule has 2 aliphatic rings. The molecule has 42 heavy (non-hydrogen) atoms. The van der Waals surface area contributed by atoms with Crippen molar-refractivity contribution in [2.45, 2.75) is 51.7 Å². The van der Waals surface area contributed by atoms with Gasteiger partial charge in [-0.05, 0) is 61.0 Å². The summed E-state index contributed by atoms with van der Waals surface area (Å²) in [6.07, 6.45) is -6.01. The highest BCUT2D eigenvalue weighted by Gasteiger charge is 2.38. The largest absolute Gasteiger partial charge is 0.493 e. The molecule has 1 unspecified atom stereocenters. The Hall–Kier alpha value is -3.19. The standard InChI is InChI=1S/C29H31F6N3O3S/c1-4-5-18(2)37-10-12-38(13-11-37)27-36-26(39)25(42-27)15-19-6-9-23(24(14-19)40-3)41-17-20-7-8-21(28(30,31)32)16-22(20)29(33,34)35/h6-9,14-16,18H,4-5,10-13,17H2,1-3H3. The van der Waals surface area contributed by atoms with Crippen LogP contribution in [0.5, 0.6) is 11.5 Å². The smallest absolute Gasteiger partial charge is 0.416 e. The number of carbonyl (C=O) groups excluding carboxylic acids is 1. The quantitative estimate of drug-likeness (QED) is 0.234. The third-order valence-corrected chi connectivity index (χ3v) is 8.18. The molecule has 0 spiro atoms. The topological polar surface area (TPSA) is 54.4 Å². The molecule has 0 saturated carbocycles. The number of hydrogen-bond acceptors (Lipinski definition) is 6. The summed E-state index contributed by atoms with van der Waals surface area (Å²) >= 11 is 1.28. The summed E-state index contributed by atoms with van der Waals surface area (Å²) in [5.41, 5.74) is -2.71. The van der Waals surface area contributed by atoms with Crippen molar-refractivity contribution in [1.82, 2.24) is 9.80 Å². The van der Waals surface area contributed by atoms with E-state index in [9.17, 15) is 31.1 Å². The first kappa shape index (κ1) is 31.7. The van der Waals surface area contributed by atoms with Crippen molar-refractivity contribution < 1.29 is 40.6 Å². The highest BCUT2D eigenvalue weighted by molar-refractivity contribution is 8.18.